The number of rotatable bonds is 5. The van der Waals surface area contributed by atoms with Crippen LogP contribution < -0.4 is 4.72 Å². The van der Waals surface area contributed by atoms with E-state index in [4.69, 9.17) is 4.74 Å². The van der Waals surface area contributed by atoms with Gasteiger partial charge in [0.05, 0.1) is 12.4 Å². The highest BCUT2D eigenvalue weighted by atomic mass is 32.2. The van der Waals surface area contributed by atoms with Crippen LogP contribution in [0.15, 0.2) is 6.07 Å². The number of carbonyl (C=O) groups is 1. The van der Waals surface area contributed by atoms with E-state index < -0.39 is 15.9 Å². The molecule has 2 N–H and O–H groups in total. The third-order valence-electron chi connectivity index (χ3n) is 4.60. The molecule has 1 aromatic rings. The number of aromatic amines is 1. The summed E-state index contributed by atoms with van der Waals surface area (Å²) in [6.07, 6.45) is 6.50. The number of aromatic nitrogens is 2. The van der Waals surface area contributed by atoms with Crippen LogP contribution in [0.25, 0.3) is 0 Å². The molecule has 3 rings (SSSR count). The van der Waals surface area contributed by atoms with Crippen LogP contribution in [0.4, 0.5) is 0 Å². The zero-order valence-electron chi connectivity index (χ0n) is 13.1. The van der Waals surface area contributed by atoms with E-state index in [1.165, 1.54) is 19.3 Å². The molecular weight excluding hydrogens is 318 g/mol. The number of hydrogen-bond acceptors (Lipinski definition) is 5. The lowest BCUT2D eigenvalue weighted by Gasteiger charge is -2.19. The molecule has 1 saturated carbocycles. The Kier molecular flexibility index (Phi) is 5.01. The maximum Gasteiger partial charge on any atom is 0.285 e. The van der Waals surface area contributed by atoms with Crippen molar-refractivity contribution in [2.45, 2.75) is 44.4 Å². The van der Waals surface area contributed by atoms with Crippen LogP contribution >= 0.6 is 0 Å². The number of H-pyrrole nitrogens is 1. The predicted octanol–water partition coefficient (Wildman–Crippen LogP) is 1.55. The highest BCUT2D eigenvalue weighted by molar-refractivity contribution is 7.90. The summed E-state index contributed by atoms with van der Waals surface area (Å²) in [5.41, 5.74) is 1.06. The minimum Gasteiger partial charge on any atom is -0.381 e. The summed E-state index contributed by atoms with van der Waals surface area (Å²) in [4.78, 5) is 12.1. The zero-order chi connectivity index (χ0) is 16.3. The van der Waals surface area contributed by atoms with Crippen molar-refractivity contribution in [2.75, 3.05) is 19.0 Å². The normalized spacial score (nSPS) is 23.0. The average Bonchev–Trinajstić information content (AvgIpc) is 3.18. The van der Waals surface area contributed by atoms with E-state index >= 15 is 0 Å². The van der Waals surface area contributed by atoms with Crippen molar-refractivity contribution in [3.8, 4) is 0 Å². The number of amides is 1. The largest absolute Gasteiger partial charge is 0.381 e. The molecule has 2 aliphatic rings. The fourth-order valence-corrected chi connectivity index (χ4v) is 4.69. The molecule has 0 aromatic carbocycles. The summed E-state index contributed by atoms with van der Waals surface area (Å²) < 4.78 is 31.4. The lowest BCUT2D eigenvalue weighted by atomic mass is 9.87. The number of ether oxygens (including phenoxy) is 1. The SMILES string of the molecule is O=C(NS(=O)(=O)C[C@H]1CCOC1)c1cc(C2CCCCC2)[nH]n1. The first-order chi connectivity index (χ1) is 11.0. The maximum atomic E-state index is 12.1. The van der Waals surface area contributed by atoms with Gasteiger partial charge in [-0.25, -0.2) is 13.1 Å². The first-order valence-corrected chi connectivity index (χ1v) is 9.86. The smallest absolute Gasteiger partial charge is 0.285 e. The van der Waals surface area contributed by atoms with E-state index in [1.807, 2.05) is 0 Å². The van der Waals surface area contributed by atoms with Gasteiger partial charge in [0.1, 0.15) is 0 Å². The molecule has 0 bridgehead atoms. The molecule has 1 amide bonds. The molecule has 0 unspecified atom stereocenters. The van der Waals surface area contributed by atoms with Crippen LogP contribution in [-0.2, 0) is 14.8 Å². The fraction of sp³-hybridized carbons (Fsp3) is 0.733. The fourth-order valence-electron chi connectivity index (χ4n) is 3.34. The molecule has 128 valence electrons. The molecule has 1 aromatic heterocycles. The number of sulfonamides is 1. The lowest BCUT2D eigenvalue weighted by molar-refractivity contribution is 0.0976. The molecule has 1 aliphatic carbocycles. The molecule has 2 fully saturated rings. The Morgan fingerprint density at radius 1 is 1.30 bits per heavy atom. The molecule has 2 heterocycles. The van der Waals surface area contributed by atoms with Crippen molar-refractivity contribution in [3.63, 3.8) is 0 Å². The van der Waals surface area contributed by atoms with E-state index in [-0.39, 0.29) is 17.4 Å². The summed E-state index contributed by atoms with van der Waals surface area (Å²) in [6, 6.07) is 1.68. The van der Waals surface area contributed by atoms with E-state index in [2.05, 4.69) is 14.9 Å². The number of hydrogen-bond donors (Lipinski definition) is 2. The van der Waals surface area contributed by atoms with Gasteiger partial charge in [0, 0.05) is 24.1 Å². The van der Waals surface area contributed by atoms with Crippen molar-refractivity contribution in [2.24, 2.45) is 5.92 Å². The van der Waals surface area contributed by atoms with Gasteiger partial charge < -0.3 is 4.74 Å². The van der Waals surface area contributed by atoms with E-state index in [9.17, 15) is 13.2 Å². The molecular formula is C15H23N3O4S. The number of carbonyl (C=O) groups excluding carboxylic acids is 1. The third-order valence-corrected chi connectivity index (χ3v) is 6.01. The predicted molar refractivity (Wildman–Crippen MR) is 84.6 cm³/mol. The first-order valence-electron chi connectivity index (χ1n) is 8.21. The average molecular weight is 341 g/mol. The molecule has 23 heavy (non-hydrogen) atoms. The Morgan fingerprint density at radius 2 is 2.09 bits per heavy atom. The summed E-state index contributed by atoms with van der Waals surface area (Å²) in [6.45, 7) is 1.02. The van der Waals surface area contributed by atoms with Gasteiger partial charge in [0.15, 0.2) is 5.69 Å². The molecule has 8 heteroatoms. The Bertz CT molecular complexity index is 643. The van der Waals surface area contributed by atoms with Crippen LogP contribution in [0.1, 0.15) is 60.6 Å². The highest BCUT2D eigenvalue weighted by Gasteiger charge is 2.26. The van der Waals surface area contributed by atoms with Crippen LogP contribution in [-0.4, -0.2) is 43.5 Å². The van der Waals surface area contributed by atoms with Gasteiger partial charge in [-0.05, 0) is 25.3 Å². The van der Waals surface area contributed by atoms with Crippen molar-refractivity contribution >= 4 is 15.9 Å². The Balaban J connectivity index is 1.60. The topological polar surface area (TPSA) is 101 Å². The number of nitrogens with one attached hydrogen (secondary N) is 2. The lowest BCUT2D eigenvalue weighted by Crippen LogP contribution is -2.35. The second-order valence-corrected chi connectivity index (χ2v) is 8.25. The maximum absolute atomic E-state index is 12.1. The Labute approximate surface area is 136 Å². The zero-order valence-corrected chi connectivity index (χ0v) is 13.9. The van der Waals surface area contributed by atoms with Gasteiger partial charge in [-0.3, -0.25) is 9.89 Å². The minimum absolute atomic E-state index is 0.0442. The molecule has 1 aliphatic heterocycles. The highest BCUT2D eigenvalue weighted by Crippen LogP contribution is 2.31. The van der Waals surface area contributed by atoms with Crippen LogP contribution in [0.5, 0.6) is 0 Å². The van der Waals surface area contributed by atoms with Crippen LogP contribution in [0.2, 0.25) is 0 Å². The molecule has 1 saturated heterocycles. The summed E-state index contributed by atoms with van der Waals surface area (Å²) in [5, 5.41) is 6.87. The molecule has 7 nitrogen and oxygen atoms in total. The second-order valence-electron chi connectivity index (χ2n) is 6.49. The molecule has 0 spiro atoms. The van der Waals surface area contributed by atoms with E-state index in [0.29, 0.717) is 25.6 Å². The van der Waals surface area contributed by atoms with Gasteiger partial charge in [0.25, 0.3) is 5.91 Å². The summed E-state index contributed by atoms with van der Waals surface area (Å²) in [7, 11) is -3.66. The van der Waals surface area contributed by atoms with E-state index in [0.717, 1.165) is 18.5 Å². The summed E-state index contributed by atoms with van der Waals surface area (Å²) >= 11 is 0. The van der Waals surface area contributed by atoms with Gasteiger partial charge >= 0.3 is 0 Å². The van der Waals surface area contributed by atoms with Crippen LogP contribution in [0.3, 0.4) is 0 Å². The number of nitrogens with zero attached hydrogens (tertiary/aromatic N) is 1. The third kappa shape index (κ3) is 4.32. The van der Waals surface area contributed by atoms with Crippen molar-refractivity contribution in [1.82, 2.24) is 14.9 Å². The quantitative estimate of drug-likeness (QED) is 0.846. The van der Waals surface area contributed by atoms with Gasteiger partial charge in [-0.15, -0.1) is 0 Å². The summed E-state index contributed by atoms with van der Waals surface area (Å²) in [5.74, 6) is -0.400. The van der Waals surface area contributed by atoms with Gasteiger partial charge in [-0.1, -0.05) is 19.3 Å². The standard InChI is InChI=1S/C15H23N3O4S/c19-15(18-23(20,21)10-11-6-7-22-9-11)14-8-13(16-17-14)12-4-2-1-3-5-12/h8,11-12H,1-7,9-10H2,(H,16,17)(H,18,19)/t11-/m0/s1. The molecule has 0 radical (unpaired) electrons. The van der Waals surface area contributed by atoms with Crippen molar-refractivity contribution < 1.29 is 17.9 Å². The van der Waals surface area contributed by atoms with Gasteiger partial charge in [-0.2, -0.15) is 5.10 Å². The second kappa shape index (κ2) is 7.00. The Morgan fingerprint density at radius 3 is 2.78 bits per heavy atom. The monoisotopic (exact) mass is 341 g/mol. The van der Waals surface area contributed by atoms with E-state index in [1.54, 1.807) is 6.07 Å². The minimum atomic E-state index is -3.66. The first kappa shape index (κ1) is 16.4. The molecule has 1 atom stereocenters. The Hall–Kier alpha value is -1.41. The van der Waals surface area contributed by atoms with Crippen LogP contribution in [0, 0.1) is 5.92 Å². The van der Waals surface area contributed by atoms with Crippen molar-refractivity contribution in [1.29, 1.82) is 0 Å². The van der Waals surface area contributed by atoms with Crippen molar-refractivity contribution in [3.05, 3.63) is 17.5 Å². The van der Waals surface area contributed by atoms with Gasteiger partial charge in [0.2, 0.25) is 10.0 Å².